The predicted octanol–water partition coefficient (Wildman–Crippen LogP) is 0.773. The molecule has 0 aromatic carbocycles. The molecule has 0 saturated carbocycles. The summed E-state index contributed by atoms with van der Waals surface area (Å²) in [6.07, 6.45) is 0.00144. The third-order valence-electron chi connectivity index (χ3n) is 2.33. The molecule has 0 radical (unpaired) electrons. The smallest absolute Gasteiger partial charge is 0.0617 e. The van der Waals surface area contributed by atoms with E-state index in [4.69, 9.17) is 5.11 Å². The van der Waals surface area contributed by atoms with Gasteiger partial charge in [0.15, 0.2) is 0 Å². The lowest BCUT2D eigenvalue weighted by atomic mass is 9.90. The van der Waals surface area contributed by atoms with Crippen LogP contribution in [0.4, 0.5) is 0 Å². The SMILES string of the molecule is CCC(O)C(CO)C(O)CC(C)C. The minimum absolute atomic E-state index is 0.150. The Morgan fingerprint density at radius 2 is 1.62 bits per heavy atom. The number of hydrogen-bond acceptors (Lipinski definition) is 3. The van der Waals surface area contributed by atoms with Gasteiger partial charge in [-0.15, -0.1) is 0 Å². The van der Waals surface area contributed by atoms with Crippen LogP contribution < -0.4 is 0 Å². The summed E-state index contributed by atoms with van der Waals surface area (Å²) in [4.78, 5) is 0. The Labute approximate surface area is 80.4 Å². The highest BCUT2D eigenvalue weighted by molar-refractivity contribution is 4.75. The van der Waals surface area contributed by atoms with Crippen LogP contribution in [0, 0.1) is 11.8 Å². The maximum absolute atomic E-state index is 9.66. The Hall–Kier alpha value is -0.120. The van der Waals surface area contributed by atoms with E-state index < -0.39 is 18.1 Å². The molecule has 0 amide bonds. The van der Waals surface area contributed by atoms with E-state index in [2.05, 4.69) is 0 Å². The monoisotopic (exact) mass is 190 g/mol. The zero-order valence-corrected chi connectivity index (χ0v) is 8.77. The third kappa shape index (κ3) is 4.60. The van der Waals surface area contributed by atoms with Crippen LogP contribution >= 0.6 is 0 Å². The summed E-state index contributed by atoms with van der Waals surface area (Å²) in [5, 5.41) is 28.1. The highest BCUT2D eigenvalue weighted by Crippen LogP contribution is 2.18. The first-order chi connectivity index (χ1) is 6.02. The molecule has 0 rings (SSSR count). The molecule has 0 aliphatic heterocycles. The summed E-state index contributed by atoms with van der Waals surface area (Å²) < 4.78 is 0. The standard InChI is InChI=1S/C10H22O3/c1-4-9(12)8(6-11)10(13)5-7(2)3/h7-13H,4-6H2,1-3H3. The van der Waals surface area contributed by atoms with Gasteiger partial charge in [0, 0.05) is 5.92 Å². The summed E-state index contributed by atoms with van der Waals surface area (Å²) >= 11 is 0. The van der Waals surface area contributed by atoms with E-state index in [-0.39, 0.29) is 6.61 Å². The van der Waals surface area contributed by atoms with Gasteiger partial charge in [0.1, 0.15) is 0 Å². The van der Waals surface area contributed by atoms with E-state index in [1.807, 2.05) is 20.8 Å². The third-order valence-corrected chi connectivity index (χ3v) is 2.33. The van der Waals surface area contributed by atoms with E-state index in [1.165, 1.54) is 0 Å². The van der Waals surface area contributed by atoms with Crippen LogP contribution in [0.1, 0.15) is 33.6 Å². The first-order valence-corrected chi connectivity index (χ1v) is 4.99. The zero-order valence-electron chi connectivity index (χ0n) is 8.77. The maximum Gasteiger partial charge on any atom is 0.0617 e. The summed E-state index contributed by atoms with van der Waals surface area (Å²) in [5.41, 5.74) is 0. The molecule has 13 heavy (non-hydrogen) atoms. The fraction of sp³-hybridized carbons (Fsp3) is 1.00. The molecule has 0 saturated heterocycles. The molecule has 0 aromatic heterocycles. The largest absolute Gasteiger partial charge is 0.396 e. The van der Waals surface area contributed by atoms with Crippen LogP contribution in [-0.4, -0.2) is 34.1 Å². The molecule has 3 N–H and O–H groups in total. The average molecular weight is 190 g/mol. The second-order valence-electron chi connectivity index (χ2n) is 4.02. The molecule has 3 atom stereocenters. The van der Waals surface area contributed by atoms with Crippen molar-refractivity contribution in [2.75, 3.05) is 6.61 Å². The van der Waals surface area contributed by atoms with Gasteiger partial charge in [0.05, 0.1) is 18.8 Å². The lowest BCUT2D eigenvalue weighted by Gasteiger charge is -2.26. The van der Waals surface area contributed by atoms with Crippen molar-refractivity contribution in [3.63, 3.8) is 0 Å². The molecule has 0 heterocycles. The van der Waals surface area contributed by atoms with Gasteiger partial charge in [-0.1, -0.05) is 20.8 Å². The Balaban J connectivity index is 4.06. The van der Waals surface area contributed by atoms with E-state index in [0.717, 1.165) is 0 Å². The van der Waals surface area contributed by atoms with Crippen LogP contribution in [0.3, 0.4) is 0 Å². The average Bonchev–Trinajstić information content (AvgIpc) is 2.03. The van der Waals surface area contributed by atoms with Gasteiger partial charge in [-0.25, -0.2) is 0 Å². The summed E-state index contributed by atoms with van der Waals surface area (Å²) in [7, 11) is 0. The van der Waals surface area contributed by atoms with Crippen molar-refractivity contribution in [3.8, 4) is 0 Å². The van der Waals surface area contributed by atoms with E-state index >= 15 is 0 Å². The number of rotatable bonds is 6. The first kappa shape index (κ1) is 12.9. The highest BCUT2D eigenvalue weighted by Gasteiger charge is 2.25. The number of hydrogen-bond donors (Lipinski definition) is 3. The Morgan fingerprint density at radius 1 is 1.08 bits per heavy atom. The summed E-state index contributed by atoms with van der Waals surface area (Å²) in [6.45, 7) is 5.71. The van der Waals surface area contributed by atoms with Gasteiger partial charge in [-0.3, -0.25) is 0 Å². The van der Waals surface area contributed by atoms with Crippen LogP contribution in [0.25, 0.3) is 0 Å². The van der Waals surface area contributed by atoms with Crippen molar-refractivity contribution in [3.05, 3.63) is 0 Å². The van der Waals surface area contributed by atoms with Crippen LogP contribution in [0.2, 0.25) is 0 Å². The van der Waals surface area contributed by atoms with Crippen LogP contribution in [-0.2, 0) is 0 Å². The predicted molar refractivity (Wildman–Crippen MR) is 52.3 cm³/mol. The number of aliphatic hydroxyl groups excluding tert-OH is 3. The van der Waals surface area contributed by atoms with Crippen molar-refractivity contribution < 1.29 is 15.3 Å². The second kappa shape index (κ2) is 6.35. The van der Waals surface area contributed by atoms with Gasteiger partial charge in [-0.2, -0.15) is 0 Å². The zero-order chi connectivity index (χ0) is 10.4. The molecule has 3 heteroatoms. The lowest BCUT2D eigenvalue weighted by Crippen LogP contribution is -2.35. The van der Waals surface area contributed by atoms with Gasteiger partial charge in [-0.05, 0) is 18.8 Å². The molecule has 0 aliphatic carbocycles. The molecule has 0 spiro atoms. The van der Waals surface area contributed by atoms with Gasteiger partial charge >= 0.3 is 0 Å². The van der Waals surface area contributed by atoms with Gasteiger partial charge < -0.3 is 15.3 Å². The van der Waals surface area contributed by atoms with Crippen molar-refractivity contribution in [2.24, 2.45) is 11.8 Å². The number of aliphatic hydroxyl groups is 3. The fourth-order valence-electron chi connectivity index (χ4n) is 1.46. The quantitative estimate of drug-likeness (QED) is 0.580. The van der Waals surface area contributed by atoms with Crippen LogP contribution in [0.5, 0.6) is 0 Å². The molecule has 0 aromatic rings. The van der Waals surface area contributed by atoms with E-state index in [9.17, 15) is 10.2 Å². The van der Waals surface area contributed by atoms with Gasteiger partial charge in [0.25, 0.3) is 0 Å². The highest BCUT2D eigenvalue weighted by atomic mass is 16.3. The minimum Gasteiger partial charge on any atom is -0.396 e. The normalized spacial score (nSPS) is 18.7. The van der Waals surface area contributed by atoms with Crippen molar-refractivity contribution in [1.29, 1.82) is 0 Å². The molecule has 3 unspecified atom stereocenters. The molecular weight excluding hydrogens is 168 g/mol. The van der Waals surface area contributed by atoms with E-state index in [0.29, 0.717) is 18.8 Å². The maximum atomic E-state index is 9.66. The molecular formula is C10H22O3. The van der Waals surface area contributed by atoms with Gasteiger partial charge in [0.2, 0.25) is 0 Å². The topological polar surface area (TPSA) is 60.7 Å². The van der Waals surface area contributed by atoms with Crippen molar-refractivity contribution >= 4 is 0 Å². The Kier molecular flexibility index (Phi) is 6.29. The molecule has 3 nitrogen and oxygen atoms in total. The van der Waals surface area contributed by atoms with E-state index in [1.54, 1.807) is 0 Å². The summed E-state index contributed by atoms with van der Waals surface area (Å²) in [6, 6.07) is 0. The molecule has 80 valence electrons. The van der Waals surface area contributed by atoms with Crippen molar-refractivity contribution in [2.45, 2.75) is 45.8 Å². The lowest BCUT2D eigenvalue weighted by molar-refractivity contribution is -0.0254. The van der Waals surface area contributed by atoms with Crippen LogP contribution in [0.15, 0.2) is 0 Å². The molecule has 0 bridgehead atoms. The van der Waals surface area contributed by atoms with Crippen molar-refractivity contribution in [1.82, 2.24) is 0 Å². The second-order valence-corrected chi connectivity index (χ2v) is 4.02. The summed E-state index contributed by atoms with van der Waals surface area (Å²) in [5.74, 6) is -0.0134. The molecule has 0 fully saturated rings. The minimum atomic E-state index is -0.598. The fourth-order valence-corrected chi connectivity index (χ4v) is 1.46. The first-order valence-electron chi connectivity index (χ1n) is 4.99. The Morgan fingerprint density at radius 3 is 1.92 bits per heavy atom. The Bertz CT molecular complexity index is 125. The molecule has 0 aliphatic rings.